The van der Waals surface area contributed by atoms with Crippen LogP contribution in [0.15, 0.2) is 79.8 Å². The lowest BCUT2D eigenvalue weighted by atomic mass is 10.1. The normalized spacial score (nSPS) is 10.9. The lowest BCUT2D eigenvalue weighted by Gasteiger charge is -2.10. The molecule has 0 aliphatic carbocycles. The van der Waals surface area contributed by atoms with Crippen LogP contribution in [0.5, 0.6) is 0 Å². The Morgan fingerprint density at radius 2 is 1.94 bits per heavy atom. The fourth-order valence-corrected chi connectivity index (χ4v) is 3.42. The van der Waals surface area contributed by atoms with Gasteiger partial charge in [0.1, 0.15) is 0 Å². The Kier molecular flexibility index (Phi) is 5.27. The molecule has 4 heterocycles. The molecule has 0 saturated carbocycles. The van der Waals surface area contributed by atoms with Gasteiger partial charge in [-0.3, -0.25) is 19.3 Å². The fraction of sp³-hybridized carbons (Fsp3) is 0.0870. The van der Waals surface area contributed by atoms with Crippen molar-refractivity contribution in [2.24, 2.45) is 0 Å². The summed E-state index contributed by atoms with van der Waals surface area (Å²) in [7, 11) is 0. The molecule has 5 rings (SSSR count). The third kappa shape index (κ3) is 4.04. The number of anilines is 2. The predicted octanol–water partition coefficient (Wildman–Crippen LogP) is 3.23. The van der Waals surface area contributed by atoms with Crippen molar-refractivity contribution in [2.45, 2.75) is 6.42 Å². The summed E-state index contributed by atoms with van der Waals surface area (Å²) in [6.45, 7) is 0.551. The van der Waals surface area contributed by atoms with Crippen LogP contribution in [0.1, 0.15) is 15.9 Å². The standard InChI is InChI=1S/C23H20N8O/c32-23(26-9-7-16-2-1-8-24-12-16)17-3-5-19(6-4-17)30-21-22-25-10-11-31(22)20(15-27-21)18-13-28-29-14-18/h1-6,8,10-15H,7,9H2,(H,26,32)(H,27,30)(H,28,29). The zero-order valence-electron chi connectivity index (χ0n) is 17.1. The van der Waals surface area contributed by atoms with Crippen LogP contribution < -0.4 is 10.6 Å². The first-order valence-corrected chi connectivity index (χ1v) is 10.1. The number of H-pyrrole nitrogens is 1. The molecule has 3 N–H and O–H groups in total. The molecule has 1 amide bonds. The van der Waals surface area contributed by atoms with E-state index in [1.54, 1.807) is 43.1 Å². The molecule has 0 unspecified atom stereocenters. The smallest absolute Gasteiger partial charge is 0.251 e. The summed E-state index contributed by atoms with van der Waals surface area (Å²) in [6.07, 6.45) is 13.2. The number of amides is 1. The van der Waals surface area contributed by atoms with E-state index >= 15 is 0 Å². The second kappa shape index (κ2) is 8.68. The molecule has 32 heavy (non-hydrogen) atoms. The lowest BCUT2D eigenvalue weighted by molar-refractivity contribution is 0.0954. The van der Waals surface area contributed by atoms with Crippen molar-refractivity contribution in [2.75, 3.05) is 11.9 Å². The molecule has 1 aromatic carbocycles. The summed E-state index contributed by atoms with van der Waals surface area (Å²) < 4.78 is 1.95. The zero-order chi connectivity index (χ0) is 21.8. The summed E-state index contributed by atoms with van der Waals surface area (Å²) >= 11 is 0. The third-order valence-corrected chi connectivity index (χ3v) is 5.05. The Balaban J connectivity index is 1.26. The molecule has 5 aromatic rings. The molecule has 0 bridgehead atoms. The predicted molar refractivity (Wildman–Crippen MR) is 121 cm³/mol. The van der Waals surface area contributed by atoms with E-state index in [0.29, 0.717) is 23.6 Å². The molecule has 4 aromatic heterocycles. The Labute approximate surface area is 183 Å². The molecule has 9 heteroatoms. The van der Waals surface area contributed by atoms with E-state index in [1.165, 1.54) is 0 Å². The van der Waals surface area contributed by atoms with Gasteiger partial charge in [0.15, 0.2) is 11.5 Å². The Morgan fingerprint density at radius 3 is 2.72 bits per heavy atom. The first-order chi connectivity index (χ1) is 15.8. The molecule has 158 valence electrons. The molecule has 0 spiro atoms. The van der Waals surface area contributed by atoms with Crippen LogP contribution in [0.2, 0.25) is 0 Å². The number of carbonyl (C=O) groups is 1. The number of nitrogens with zero attached hydrogens (tertiary/aromatic N) is 5. The number of hydrogen-bond donors (Lipinski definition) is 3. The Hall–Kier alpha value is -4.53. The van der Waals surface area contributed by atoms with Crippen molar-refractivity contribution in [3.05, 3.63) is 90.9 Å². The van der Waals surface area contributed by atoms with E-state index in [9.17, 15) is 4.79 Å². The highest BCUT2D eigenvalue weighted by Crippen LogP contribution is 2.24. The van der Waals surface area contributed by atoms with E-state index in [-0.39, 0.29) is 5.91 Å². The minimum absolute atomic E-state index is 0.112. The van der Waals surface area contributed by atoms with E-state index < -0.39 is 0 Å². The largest absolute Gasteiger partial charge is 0.352 e. The van der Waals surface area contributed by atoms with Crippen molar-refractivity contribution in [1.29, 1.82) is 0 Å². The average molecular weight is 424 g/mol. The summed E-state index contributed by atoms with van der Waals surface area (Å²) in [5, 5.41) is 13.0. The number of benzene rings is 1. The van der Waals surface area contributed by atoms with Crippen molar-refractivity contribution in [1.82, 2.24) is 34.9 Å². The van der Waals surface area contributed by atoms with Crippen LogP contribution >= 0.6 is 0 Å². The quantitative estimate of drug-likeness (QED) is 0.370. The first-order valence-electron chi connectivity index (χ1n) is 10.1. The van der Waals surface area contributed by atoms with Crippen molar-refractivity contribution in [3.8, 4) is 11.3 Å². The summed E-state index contributed by atoms with van der Waals surface area (Å²) in [5.41, 5.74) is 4.99. The number of aromatic amines is 1. The number of pyridine rings is 1. The summed E-state index contributed by atoms with van der Waals surface area (Å²) in [5.74, 6) is 0.509. The van der Waals surface area contributed by atoms with Gasteiger partial charge in [-0.1, -0.05) is 6.07 Å². The van der Waals surface area contributed by atoms with Gasteiger partial charge >= 0.3 is 0 Å². The average Bonchev–Trinajstić information content (AvgIpc) is 3.53. The second-order valence-corrected chi connectivity index (χ2v) is 7.17. The highest BCUT2D eigenvalue weighted by Gasteiger charge is 2.12. The Bertz CT molecular complexity index is 1330. The van der Waals surface area contributed by atoms with Crippen LogP contribution in [-0.4, -0.2) is 42.0 Å². The van der Waals surface area contributed by atoms with Gasteiger partial charge in [0.25, 0.3) is 5.91 Å². The van der Waals surface area contributed by atoms with Crippen LogP contribution in [0, 0.1) is 0 Å². The molecular weight excluding hydrogens is 404 g/mol. The molecule has 0 fully saturated rings. The molecule has 0 aliphatic heterocycles. The molecule has 0 radical (unpaired) electrons. The van der Waals surface area contributed by atoms with Crippen molar-refractivity contribution in [3.63, 3.8) is 0 Å². The van der Waals surface area contributed by atoms with Gasteiger partial charge in [-0.25, -0.2) is 9.97 Å². The Morgan fingerprint density at radius 1 is 1.03 bits per heavy atom. The second-order valence-electron chi connectivity index (χ2n) is 7.17. The molecule has 0 aliphatic rings. The molecule has 9 nitrogen and oxygen atoms in total. The minimum Gasteiger partial charge on any atom is -0.352 e. The highest BCUT2D eigenvalue weighted by atomic mass is 16.1. The van der Waals surface area contributed by atoms with Gasteiger partial charge < -0.3 is 10.6 Å². The maximum absolute atomic E-state index is 12.4. The maximum Gasteiger partial charge on any atom is 0.251 e. The number of rotatable bonds is 7. The van der Waals surface area contributed by atoms with Gasteiger partial charge in [0.2, 0.25) is 0 Å². The van der Waals surface area contributed by atoms with E-state index in [1.807, 2.05) is 41.1 Å². The monoisotopic (exact) mass is 424 g/mol. The van der Waals surface area contributed by atoms with E-state index in [4.69, 9.17) is 0 Å². The zero-order valence-corrected chi connectivity index (χ0v) is 17.1. The maximum atomic E-state index is 12.4. The van der Waals surface area contributed by atoms with E-state index in [2.05, 4.69) is 35.8 Å². The van der Waals surface area contributed by atoms with Gasteiger partial charge in [0, 0.05) is 54.3 Å². The number of hydrogen-bond acceptors (Lipinski definition) is 6. The number of aromatic nitrogens is 6. The van der Waals surface area contributed by atoms with Crippen LogP contribution in [0.3, 0.4) is 0 Å². The highest BCUT2D eigenvalue weighted by molar-refractivity contribution is 5.94. The van der Waals surface area contributed by atoms with Crippen LogP contribution in [0.4, 0.5) is 11.5 Å². The number of nitrogens with one attached hydrogen (secondary N) is 3. The van der Waals surface area contributed by atoms with Gasteiger partial charge in [-0.05, 0) is 42.3 Å². The lowest BCUT2D eigenvalue weighted by Crippen LogP contribution is -2.25. The van der Waals surface area contributed by atoms with Gasteiger partial charge in [0.05, 0.1) is 18.1 Å². The minimum atomic E-state index is -0.112. The molecule has 0 saturated heterocycles. The number of imidazole rings is 1. The number of carbonyl (C=O) groups excluding carboxylic acids is 1. The fourth-order valence-electron chi connectivity index (χ4n) is 3.42. The van der Waals surface area contributed by atoms with Gasteiger partial charge in [-0.2, -0.15) is 5.10 Å². The molecule has 0 atom stereocenters. The first kappa shape index (κ1) is 19.4. The van der Waals surface area contributed by atoms with E-state index in [0.717, 1.165) is 28.9 Å². The van der Waals surface area contributed by atoms with Gasteiger partial charge in [-0.15, -0.1) is 0 Å². The van der Waals surface area contributed by atoms with Crippen LogP contribution in [0.25, 0.3) is 16.9 Å². The van der Waals surface area contributed by atoms with Crippen molar-refractivity contribution < 1.29 is 4.79 Å². The number of fused-ring (bicyclic) bond motifs is 1. The topological polar surface area (TPSA) is 113 Å². The third-order valence-electron chi connectivity index (χ3n) is 5.05. The van der Waals surface area contributed by atoms with Crippen LogP contribution in [-0.2, 0) is 6.42 Å². The summed E-state index contributed by atoms with van der Waals surface area (Å²) in [6, 6.07) is 11.1. The van der Waals surface area contributed by atoms with Crippen molar-refractivity contribution >= 4 is 23.1 Å². The SMILES string of the molecule is O=C(NCCc1cccnc1)c1ccc(Nc2ncc(-c3cn[nH]c3)n3ccnc23)cc1. The molecular formula is C23H20N8O. The summed E-state index contributed by atoms with van der Waals surface area (Å²) in [4.78, 5) is 25.5.